The van der Waals surface area contributed by atoms with Crippen LogP contribution in [0, 0.1) is 0 Å². The minimum Gasteiger partial charge on any atom is -0.361 e. The lowest BCUT2D eigenvalue weighted by Gasteiger charge is -2.10. The molecule has 0 bridgehead atoms. The summed E-state index contributed by atoms with van der Waals surface area (Å²) in [4.78, 5) is 27.1. The van der Waals surface area contributed by atoms with E-state index >= 15 is 0 Å². The van der Waals surface area contributed by atoms with E-state index in [1.54, 1.807) is 0 Å². The zero-order valence-corrected chi connectivity index (χ0v) is 10.5. The maximum atomic E-state index is 11.6. The molecule has 0 aliphatic rings. The van der Waals surface area contributed by atoms with Gasteiger partial charge < -0.3 is 11.1 Å². The highest BCUT2D eigenvalue weighted by Crippen LogP contribution is 2.30. The Morgan fingerprint density at radius 1 is 0.900 bits per heavy atom. The summed E-state index contributed by atoms with van der Waals surface area (Å²) >= 11 is 0. The van der Waals surface area contributed by atoms with Gasteiger partial charge in [0.05, 0.1) is 16.7 Å². The Labute approximate surface area is 114 Å². The quantitative estimate of drug-likeness (QED) is 0.519. The van der Waals surface area contributed by atoms with Crippen LogP contribution in [-0.4, -0.2) is 16.8 Å². The maximum Gasteiger partial charge on any atom is 0.313 e. The second kappa shape index (κ2) is 4.62. The van der Waals surface area contributed by atoms with Crippen molar-refractivity contribution in [3.05, 3.63) is 48.5 Å². The fraction of sp³-hybridized carbons (Fsp3) is 0. The molecule has 0 aliphatic carbocycles. The first-order chi connectivity index (χ1) is 9.66. The Balaban J connectivity index is 2.33. The molecule has 2 amide bonds. The van der Waals surface area contributed by atoms with Crippen molar-refractivity contribution < 1.29 is 9.59 Å². The monoisotopic (exact) mass is 265 g/mol. The Kier molecular flexibility index (Phi) is 2.80. The molecule has 0 saturated heterocycles. The van der Waals surface area contributed by atoms with E-state index in [-0.39, 0.29) is 0 Å². The lowest BCUT2D eigenvalue weighted by molar-refractivity contribution is -0.134. The number of amides is 2. The Bertz CT molecular complexity index is 789. The number of nitrogens with zero attached hydrogens (tertiary/aromatic N) is 1. The molecule has 2 aromatic carbocycles. The number of carbonyl (C=O) groups is 2. The molecule has 1 aromatic heterocycles. The van der Waals surface area contributed by atoms with Crippen LogP contribution in [0.15, 0.2) is 48.5 Å². The number of rotatable bonds is 1. The van der Waals surface area contributed by atoms with E-state index in [1.807, 2.05) is 48.5 Å². The first-order valence-electron chi connectivity index (χ1n) is 6.05. The normalized spacial score (nSPS) is 10.6. The van der Waals surface area contributed by atoms with E-state index in [9.17, 15) is 9.59 Å². The van der Waals surface area contributed by atoms with E-state index in [0.717, 1.165) is 21.8 Å². The number of fused-ring (bicyclic) bond motifs is 2. The zero-order valence-electron chi connectivity index (χ0n) is 10.5. The number of hydrogen-bond donors (Lipinski definition) is 2. The van der Waals surface area contributed by atoms with Crippen LogP contribution >= 0.6 is 0 Å². The van der Waals surface area contributed by atoms with Crippen LogP contribution in [0.25, 0.3) is 21.8 Å². The third-order valence-corrected chi connectivity index (χ3v) is 3.05. The Morgan fingerprint density at radius 3 is 1.90 bits per heavy atom. The van der Waals surface area contributed by atoms with E-state index in [4.69, 9.17) is 5.73 Å². The third kappa shape index (κ3) is 1.95. The number of aromatic nitrogens is 1. The number of carbonyl (C=O) groups excluding carboxylic acids is 2. The van der Waals surface area contributed by atoms with Gasteiger partial charge >= 0.3 is 11.8 Å². The lowest BCUT2D eigenvalue weighted by atomic mass is 10.1. The van der Waals surface area contributed by atoms with Gasteiger partial charge in [0.15, 0.2) is 0 Å². The van der Waals surface area contributed by atoms with Crippen molar-refractivity contribution in [2.45, 2.75) is 0 Å². The summed E-state index contributed by atoms with van der Waals surface area (Å²) in [5.74, 6) is -1.86. The van der Waals surface area contributed by atoms with Crippen molar-refractivity contribution in [2.24, 2.45) is 5.73 Å². The first kappa shape index (κ1) is 12.1. The number of nitrogens with one attached hydrogen (secondary N) is 1. The second-order valence-electron chi connectivity index (χ2n) is 4.34. The lowest BCUT2D eigenvalue weighted by Crippen LogP contribution is -2.29. The van der Waals surface area contributed by atoms with Crippen LogP contribution in [0.4, 0.5) is 5.69 Å². The summed E-state index contributed by atoms with van der Waals surface area (Å²) in [6.45, 7) is 0. The number of pyridine rings is 1. The maximum absolute atomic E-state index is 11.6. The number of nitrogens with two attached hydrogens (primary N) is 1. The molecule has 3 aromatic rings. The van der Waals surface area contributed by atoms with Gasteiger partial charge in [0.1, 0.15) is 0 Å². The van der Waals surface area contributed by atoms with Gasteiger partial charge in [0.2, 0.25) is 0 Å². The average molecular weight is 265 g/mol. The van der Waals surface area contributed by atoms with Crippen LogP contribution < -0.4 is 11.1 Å². The minimum absolute atomic E-state index is 0.551. The molecule has 0 aliphatic heterocycles. The highest BCUT2D eigenvalue weighted by Gasteiger charge is 2.14. The summed E-state index contributed by atoms with van der Waals surface area (Å²) in [5, 5.41) is 4.10. The summed E-state index contributed by atoms with van der Waals surface area (Å²) in [7, 11) is 0. The number of anilines is 1. The van der Waals surface area contributed by atoms with E-state index < -0.39 is 11.8 Å². The molecule has 5 heteroatoms. The number of primary amides is 1. The highest BCUT2D eigenvalue weighted by molar-refractivity contribution is 6.40. The summed E-state index contributed by atoms with van der Waals surface area (Å²) in [5.41, 5.74) is 7.04. The molecular weight excluding hydrogens is 254 g/mol. The van der Waals surface area contributed by atoms with Gasteiger partial charge in [0, 0.05) is 10.8 Å². The van der Waals surface area contributed by atoms with Crippen LogP contribution in [0.5, 0.6) is 0 Å². The van der Waals surface area contributed by atoms with Gasteiger partial charge in [0.25, 0.3) is 0 Å². The van der Waals surface area contributed by atoms with Crippen molar-refractivity contribution in [1.82, 2.24) is 4.98 Å². The van der Waals surface area contributed by atoms with Gasteiger partial charge in [-0.05, 0) is 12.1 Å². The molecule has 0 saturated carbocycles. The molecule has 0 atom stereocenters. The van der Waals surface area contributed by atoms with Crippen LogP contribution in [-0.2, 0) is 9.59 Å². The van der Waals surface area contributed by atoms with Crippen molar-refractivity contribution in [3.8, 4) is 0 Å². The Hall–Kier alpha value is -2.95. The fourth-order valence-corrected chi connectivity index (χ4v) is 2.15. The molecule has 20 heavy (non-hydrogen) atoms. The van der Waals surface area contributed by atoms with Gasteiger partial charge in [-0.3, -0.25) is 9.59 Å². The predicted molar refractivity (Wildman–Crippen MR) is 77.1 cm³/mol. The van der Waals surface area contributed by atoms with Gasteiger partial charge in [-0.25, -0.2) is 4.98 Å². The molecule has 1 heterocycles. The Morgan fingerprint density at radius 2 is 1.40 bits per heavy atom. The molecule has 0 radical (unpaired) electrons. The first-order valence-corrected chi connectivity index (χ1v) is 6.05. The molecule has 98 valence electrons. The topological polar surface area (TPSA) is 85.1 Å². The molecule has 3 N–H and O–H groups in total. The van der Waals surface area contributed by atoms with Gasteiger partial charge in [-0.2, -0.15) is 0 Å². The molecule has 3 rings (SSSR count). The average Bonchev–Trinajstić information content (AvgIpc) is 2.46. The van der Waals surface area contributed by atoms with Gasteiger partial charge in [-0.15, -0.1) is 0 Å². The second-order valence-corrected chi connectivity index (χ2v) is 4.34. The van der Waals surface area contributed by atoms with Crippen molar-refractivity contribution in [2.75, 3.05) is 5.32 Å². The SMILES string of the molecule is NC(=O)C(=O)Nc1c2ccccc2nc2ccccc12. The standard InChI is InChI=1S/C15H11N3O2/c16-14(19)15(20)18-13-9-5-1-3-7-11(9)17-12-8-4-2-6-10(12)13/h1-8H,(H2,16,19)(H,17,18,20). The van der Waals surface area contributed by atoms with Crippen molar-refractivity contribution in [1.29, 1.82) is 0 Å². The number of hydrogen-bond acceptors (Lipinski definition) is 3. The van der Waals surface area contributed by atoms with Crippen LogP contribution in [0.2, 0.25) is 0 Å². The number of para-hydroxylation sites is 2. The van der Waals surface area contributed by atoms with E-state index in [0.29, 0.717) is 5.69 Å². The van der Waals surface area contributed by atoms with Crippen LogP contribution in [0.3, 0.4) is 0 Å². The smallest absolute Gasteiger partial charge is 0.313 e. The molecular formula is C15H11N3O2. The van der Waals surface area contributed by atoms with Crippen molar-refractivity contribution >= 4 is 39.3 Å². The largest absolute Gasteiger partial charge is 0.361 e. The van der Waals surface area contributed by atoms with Gasteiger partial charge in [-0.1, -0.05) is 36.4 Å². The van der Waals surface area contributed by atoms with E-state index in [2.05, 4.69) is 10.3 Å². The zero-order chi connectivity index (χ0) is 14.1. The molecule has 5 nitrogen and oxygen atoms in total. The summed E-state index contributed by atoms with van der Waals surface area (Å²) < 4.78 is 0. The summed E-state index contributed by atoms with van der Waals surface area (Å²) in [6, 6.07) is 14.8. The molecule has 0 spiro atoms. The minimum atomic E-state index is -1.02. The van der Waals surface area contributed by atoms with E-state index in [1.165, 1.54) is 0 Å². The predicted octanol–water partition coefficient (Wildman–Crippen LogP) is 1.81. The fourth-order valence-electron chi connectivity index (χ4n) is 2.15. The third-order valence-electron chi connectivity index (χ3n) is 3.05. The van der Waals surface area contributed by atoms with Crippen LogP contribution in [0.1, 0.15) is 0 Å². The molecule has 0 fully saturated rings. The highest BCUT2D eigenvalue weighted by atomic mass is 16.2. The van der Waals surface area contributed by atoms with Crippen molar-refractivity contribution in [3.63, 3.8) is 0 Å². The molecule has 0 unspecified atom stereocenters. The number of benzene rings is 2. The summed E-state index contributed by atoms with van der Waals surface area (Å²) in [6.07, 6.45) is 0.